The molecule has 2 N–H and O–H groups in total. The Morgan fingerprint density at radius 2 is 1.54 bits per heavy atom. The van der Waals surface area contributed by atoms with Crippen molar-refractivity contribution in [3.05, 3.63) is 46.4 Å². The quantitative estimate of drug-likeness (QED) is 0.635. The number of β-amino-alcohol motifs (C(OH)–C–C–N with tert-alkyl or cyclic N) is 1. The number of urea groups is 1. The monoisotopic (exact) mass is 419 g/mol. The van der Waals surface area contributed by atoms with E-state index in [0.29, 0.717) is 10.0 Å². The van der Waals surface area contributed by atoms with Gasteiger partial charge in [0, 0.05) is 31.9 Å². The van der Waals surface area contributed by atoms with Crippen LogP contribution in [0.15, 0.2) is 36.4 Å². The number of imide groups is 2. The van der Waals surface area contributed by atoms with Gasteiger partial charge in [0.1, 0.15) is 6.42 Å². The van der Waals surface area contributed by atoms with Gasteiger partial charge in [-0.3, -0.25) is 19.8 Å². The first-order valence-electron chi connectivity index (χ1n) is 8.53. The summed E-state index contributed by atoms with van der Waals surface area (Å²) in [6.07, 6.45) is -1.45. The van der Waals surface area contributed by atoms with Gasteiger partial charge in [0.2, 0.25) is 11.8 Å². The lowest BCUT2D eigenvalue weighted by Crippen LogP contribution is -2.54. The SMILES string of the molecule is O=C1CC(=O)N(CC(O)Cn2c3ccc(Cl)cc3c3cc(Cl)ccc32)C(=O)N1. The van der Waals surface area contributed by atoms with E-state index in [0.717, 1.165) is 26.7 Å². The van der Waals surface area contributed by atoms with E-state index >= 15 is 0 Å². The van der Waals surface area contributed by atoms with Gasteiger partial charge in [-0.05, 0) is 36.4 Å². The molecular formula is C19H15Cl2N3O4. The lowest BCUT2D eigenvalue weighted by atomic mass is 10.1. The minimum Gasteiger partial charge on any atom is -0.389 e. The second kappa shape index (κ2) is 7.09. The molecule has 0 saturated carbocycles. The topological polar surface area (TPSA) is 91.6 Å². The number of aromatic nitrogens is 1. The van der Waals surface area contributed by atoms with Gasteiger partial charge in [0.15, 0.2) is 0 Å². The third-order valence-corrected chi connectivity index (χ3v) is 5.15. The summed E-state index contributed by atoms with van der Waals surface area (Å²) in [5.41, 5.74) is 1.68. The number of rotatable bonds is 4. The molecule has 1 saturated heterocycles. The van der Waals surface area contributed by atoms with Crippen LogP contribution in [-0.4, -0.2) is 45.1 Å². The number of nitrogens with one attached hydrogen (secondary N) is 1. The lowest BCUT2D eigenvalue weighted by molar-refractivity contribution is -0.137. The van der Waals surface area contributed by atoms with Gasteiger partial charge in [-0.15, -0.1) is 0 Å². The highest BCUT2D eigenvalue weighted by atomic mass is 35.5. The lowest BCUT2D eigenvalue weighted by Gasteiger charge is -2.27. The van der Waals surface area contributed by atoms with Crippen LogP contribution < -0.4 is 5.32 Å². The molecule has 1 atom stereocenters. The molecule has 1 aliphatic rings. The number of carbonyl (C=O) groups is 3. The van der Waals surface area contributed by atoms with E-state index in [9.17, 15) is 19.5 Å². The highest BCUT2D eigenvalue weighted by Gasteiger charge is 2.32. The molecule has 3 aromatic rings. The fraction of sp³-hybridized carbons (Fsp3) is 0.211. The molecule has 9 heteroatoms. The van der Waals surface area contributed by atoms with Gasteiger partial charge in [0.25, 0.3) is 0 Å². The summed E-state index contributed by atoms with van der Waals surface area (Å²) in [4.78, 5) is 35.9. The molecule has 0 spiro atoms. The van der Waals surface area contributed by atoms with E-state index in [1.54, 1.807) is 12.1 Å². The number of hydrogen-bond acceptors (Lipinski definition) is 4. The fourth-order valence-corrected chi connectivity index (χ4v) is 3.83. The maximum absolute atomic E-state index is 11.9. The molecular weight excluding hydrogens is 405 g/mol. The van der Waals surface area contributed by atoms with Crippen molar-refractivity contribution in [2.45, 2.75) is 19.1 Å². The largest absolute Gasteiger partial charge is 0.389 e. The molecule has 2 heterocycles. The van der Waals surface area contributed by atoms with Crippen LogP contribution in [0.5, 0.6) is 0 Å². The van der Waals surface area contributed by atoms with Gasteiger partial charge < -0.3 is 9.67 Å². The van der Waals surface area contributed by atoms with Gasteiger partial charge in [-0.1, -0.05) is 23.2 Å². The zero-order chi connectivity index (χ0) is 20.0. The molecule has 4 rings (SSSR count). The van der Waals surface area contributed by atoms with Crippen molar-refractivity contribution in [1.82, 2.24) is 14.8 Å². The summed E-state index contributed by atoms with van der Waals surface area (Å²) >= 11 is 12.3. The second-order valence-electron chi connectivity index (χ2n) is 6.62. The number of fused-ring (bicyclic) bond motifs is 3. The summed E-state index contributed by atoms with van der Waals surface area (Å²) in [5.74, 6) is -1.27. The summed E-state index contributed by atoms with van der Waals surface area (Å²) in [6, 6.07) is 10.0. The normalized spacial score (nSPS) is 16.1. The van der Waals surface area contributed by atoms with E-state index in [2.05, 4.69) is 5.32 Å². The molecule has 7 nitrogen and oxygen atoms in total. The third kappa shape index (κ3) is 3.32. The number of nitrogens with zero attached hydrogens (tertiary/aromatic N) is 2. The summed E-state index contributed by atoms with van der Waals surface area (Å²) < 4.78 is 1.89. The molecule has 1 aliphatic heterocycles. The van der Waals surface area contributed by atoms with Crippen LogP contribution in [0, 0.1) is 0 Å². The van der Waals surface area contributed by atoms with E-state index in [-0.39, 0.29) is 13.1 Å². The molecule has 1 unspecified atom stereocenters. The number of halogens is 2. The standard InChI is InChI=1S/C19H15Cl2N3O4/c20-10-1-3-15-13(5-10)14-6-11(21)2-4-16(14)23(15)8-12(25)9-24-18(27)7-17(26)22-19(24)28/h1-6,12,25H,7-9H2,(H,22,26,28). The molecule has 0 radical (unpaired) electrons. The number of benzene rings is 2. The molecule has 28 heavy (non-hydrogen) atoms. The Morgan fingerprint density at radius 1 is 0.964 bits per heavy atom. The van der Waals surface area contributed by atoms with E-state index in [4.69, 9.17) is 23.2 Å². The van der Waals surface area contributed by atoms with Crippen molar-refractivity contribution < 1.29 is 19.5 Å². The Kier molecular flexibility index (Phi) is 4.74. The highest BCUT2D eigenvalue weighted by molar-refractivity contribution is 6.33. The van der Waals surface area contributed by atoms with Crippen molar-refractivity contribution in [1.29, 1.82) is 0 Å². The molecule has 0 bridgehead atoms. The van der Waals surface area contributed by atoms with Crippen LogP contribution in [-0.2, 0) is 16.1 Å². The van der Waals surface area contributed by atoms with Gasteiger partial charge >= 0.3 is 6.03 Å². The predicted octanol–water partition coefficient (Wildman–Crippen LogP) is 2.93. The van der Waals surface area contributed by atoms with Crippen LogP contribution in [0.1, 0.15) is 6.42 Å². The zero-order valence-electron chi connectivity index (χ0n) is 14.5. The second-order valence-corrected chi connectivity index (χ2v) is 7.49. The zero-order valence-corrected chi connectivity index (χ0v) is 16.0. The molecule has 0 aliphatic carbocycles. The van der Waals surface area contributed by atoms with Crippen LogP contribution in [0.3, 0.4) is 0 Å². The van der Waals surface area contributed by atoms with Gasteiger partial charge in [-0.2, -0.15) is 0 Å². The first-order valence-corrected chi connectivity index (χ1v) is 9.28. The van der Waals surface area contributed by atoms with Crippen LogP contribution in [0.2, 0.25) is 10.0 Å². The minimum absolute atomic E-state index is 0.133. The first-order chi connectivity index (χ1) is 13.3. The Balaban J connectivity index is 1.68. The minimum atomic E-state index is -1.03. The number of aliphatic hydroxyl groups excluding tert-OH is 1. The number of aliphatic hydroxyl groups is 1. The van der Waals surface area contributed by atoms with Gasteiger partial charge in [0.05, 0.1) is 19.2 Å². The van der Waals surface area contributed by atoms with Crippen molar-refractivity contribution in [3.8, 4) is 0 Å². The predicted molar refractivity (Wildman–Crippen MR) is 105 cm³/mol. The highest BCUT2D eigenvalue weighted by Crippen LogP contribution is 2.33. The van der Waals surface area contributed by atoms with Crippen molar-refractivity contribution >= 4 is 62.9 Å². The molecule has 144 valence electrons. The Hall–Kier alpha value is -2.61. The number of barbiturate groups is 1. The Labute approximate surface area is 169 Å². The molecule has 4 amide bonds. The maximum Gasteiger partial charge on any atom is 0.330 e. The Morgan fingerprint density at radius 3 is 2.07 bits per heavy atom. The van der Waals surface area contributed by atoms with E-state index < -0.39 is 30.4 Å². The van der Waals surface area contributed by atoms with Crippen LogP contribution in [0.4, 0.5) is 4.79 Å². The van der Waals surface area contributed by atoms with E-state index in [1.165, 1.54) is 0 Å². The number of amides is 4. The average molecular weight is 420 g/mol. The Bertz CT molecular complexity index is 1060. The smallest absolute Gasteiger partial charge is 0.330 e. The van der Waals surface area contributed by atoms with Crippen molar-refractivity contribution in [2.24, 2.45) is 0 Å². The summed E-state index contributed by atoms with van der Waals surface area (Å²) in [7, 11) is 0. The first kappa shape index (κ1) is 18.7. The maximum atomic E-state index is 11.9. The number of hydrogen-bond donors (Lipinski definition) is 2. The van der Waals surface area contributed by atoms with Crippen LogP contribution >= 0.6 is 23.2 Å². The fourth-order valence-electron chi connectivity index (χ4n) is 3.49. The average Bonchev–Trinajstić information content (AvgIpc) is 2.90. The van der Waals surface area contributed by atoms with Crippen molar-refractivity contribution in [2.75, 3.05) is 6.54 Å². The third-order valence-electron chi connectivity index (χ3n) is 4.68. The molecule has 1 aromatic heterocycles. The van der Waals surface area contributed by atoms with Gasteiger partial charge in [-0.25, -0.2) is 4.79 Å². The van der Waals surface area contributed by atoms with E-state index in [1.807, 2.05) is 28.8 Å². The van der Waals surface area contributed by atoms with Crippen molar-refractivity contribution in [3.63, 3.8) is 0 Å². The molecule has 1 fully saturated rings. The summed E-state index contributed by atoms with van der Waals surface area (Å²) in [5, 5.41) is 15.6. The summed E-state index contributed by atoms with van der Waals surface area (Å²) in [6.45, 7) is -0.0887. The van der Waals surface area contributed by atoms with Crippen LogP contribution in [0.25, 0.3) is 21.8 Å². The number of carbonyl (C=O) groups excluding carboxylic acids is 3. The molecule has 2 aromatic carbocycles.